The normalized spacial score (nSPS) is 12.8. The second-order valence-electron chi connectivity index (χ2n) is 7.88. The predicted octanol–water partition coefficient (Wildman–Crippen LogP) is 5.91. The van der Waals surface area contributed by atoms with Crippen molar-refractivity contribution in [2.24, 2.45) is 17.8 Å². The molecule has 0 N–H and O–H groups in total. The number of unbranched alkanes of at least 4 members (excludes halogenated alkanes) is 1. The van der Waals surface area contributed by atoms with E-state index in [0.29, 0.717) is 17.8 Å². The van der Waals surface area contributed by atoms with Crippen LogP contribution in [0.15, 0.2) is 0 Å². The van der Waals surface area contributed by atoms with E-state index >= 15 is 0 Å². The van der Waals surface area contributed by atoms with E-state index in [0.717, 1.165) is 49.9 Å². The van der Waals surface area contributed by atoms with Crippen LogP contribution in [0.1, 0.15) is 80.6 Å². The van der Waals surface area contributed by atoms with Gasteiger partial charge in [-0.05, 0) is 0 Å². The molecule has 3 nitrogen and oxygen atoms in total. The molecule has 0 aromatic carbocycles. The molecular weight excluding hydrogens is 395 g/mol. The van der Waals surface area contributed by atoms with Gasteiger partial charge < -0.3 is 0 Å². The maximum absolute atomic E-state index is 6.37. The summed E-state index contributed by atoms with van der Waals surface area (Å²) >= 11 is -3.38. The van der Waals surface area contributed by atoms with Crippen LogP contribution in [0, 0.1) is 17.8 Å². The summed E-state index contributed by atoms with van der Waals surface area (Å²) in [5, 5.41) is 0. The molecule has 0 radical (unpaired) electrons. The van der Waals surface area contributed by atoms with Crippen LogP contribution in [0.25, 0.3) is 0 Å². The standard InChI is InChI=1S/3C5H11O.C4H9.Sn/c3*1-5(2)3-4-6;1-3-4-2;/h3*5H,3-4H2,1-2H3;1,3-4H2,2H3;/q3*-1;;+3. The molecule has 0 aliphatic heterocycles. The van der Waals surface area contributed by atoms with Crippen molar-refractivity contribution >= 4 is 19.6 Å². The summed E-state index contributed by atoms with van der Waals surface area (Å²) in [6, 6.07) is 0. The number of rotatable bonds is 15. The Hall–Kier alpha value is 0.679. The summed E-state index contributed by atoms with van der Waals surface area (Å²) in [5.74, 6) is 1.99. The maximum atomic E-state index is 6.37. The van der Waals surface area contributed by atoms with E-state index < -0.39 is 19.6 Å². The monoisotopic (exact) mass is 438 g/mol. The van der Waals surface area contributed by atoms with Gasteiger partial charge in [-0.2, -0.15) is 0 Å². The Morgan fingerprint density at radius 2 is 1.00 bits per heavy atom. The summed E-state index contributed by atoms with van der Waals surface area (Å²) in [7, 11) is 0. The van der Waals surface area contributed by atoms with Crippen LogP contribution in [-0.4, -0.2) is 39.4 Å². The fraction of sp³-hybridized carbons (Fsp3) is 1.00. The predicted molar refractivity (Wildman–Crippen MR) is 102 cm³/mol. The Morgan fingerprint density at radius 1 is 0.652 bits per heavy atom. The summed E-state index contributed by atoms with van der Waals surface area (Å²) in [6.07, 6.45) is 5.60. The molecule has 0 atom stereocenters. The Bertz CT molecular complexity index is 231. The van der Waals surface area contributed by atoms with E-state index in [1.807, 2.05) is 0 Å². The molecule has 0 aromatic heterocycles. The molecule has 0 aliphatic rings. The first kappa shape index (κ1) is 23.7. The zero-order chi connectivity index (χ0) is 17.7. The van der Waals surface area contributed by atoms with Gasteiger partial charge in [-0.25, -0.2) is 0 Å². The third-order valence-corrected chi connectivity index (χ3v) is 12.2. The molecule has 0 unspecified atom stereocenters. The topological polar surface area (TPSA) is 27.7 Å². The molecule has 0 saturated heterocycles. The summed E-state index contributed by atoms with van der Waals surface area (Å²) in [4.78, 5) is 0. The Labute approximate surface area is 151 Å². The van der Waals surface area contributed by atoms with Gasteiger partial charge in [-0.3, -0.25) is 0 Å². The van der Waals surface area contributed by atoms with Gasteiger partial charge in [0, 0.05) is 0 Å². The van der Waals surface area contributed by atoms with Crippen molar-refractivity contribution in [1.29, 1.82) is 0 Å². The van der Waals surface area contributed by atoms with E-state index in [1.165, 1.54) is 6.42 Å². The third-order valence-electron chi connectivity index (χ3n) is 3.89. The van der Waals surface area contributed by atoms with E-state index in [9.17, 15) is 0 Å². The minimum atomic E-state index is -3.38. The quantitative estimate of drug-likeness (QED) is 0.298. The van der Waals surface area contributed by atoms with Crippen molar-refractivity contribution < 1.29 is 9.22 Å². The molecule has 0 heterocycles. The Kier molecular flexibility index (Phi) is 14.3. The third kappa shape index (κ3) is 13.6. The van der Waals surface area contributed by atoms with Crippen LogP contribution >= 0.6 is 0 Å². The molecule has 0 spiro atoms. The average molecular weight is 437 g/mol. The zero-order valence-corrected chi connectivity index (χ0v) is 19.7. The van der Waals surface area contributed by atoms with Gasteiger partial charge in [-0.15, -0.1) is 0 Å². The van der Waals surface area contributed by atoms with Crippen LogP contribution in [0.3, 0.4) is 0 Å². The van der Waals surface area contributed by atoms with Gasteiger partial charge in [0.1, 0.15) is 0 Å². The van der Waals surface area contributed by atoms with Crippen LogP contribution in [0.4, 0.5) is 0 Å². The van der Waals surface area contributed by atoms with Crippen molar-refractivity contribution in [2.75, 3.05) is 19.8 Å². The molecule has 0 fully saturated rings. The number of hydrogen-bond donors (Lipinski definition) is 0. The molecule has 140 valence electrons. The van der Waals surface area contributed by atoms with E-state index in [1.54, 1.807) is 0 Å². The van der Waals surface area contributed by atoms with Crippen molar-refractivity contribution in [3.05, 3.63) is 0 Å². The van der Waals surface area contributed by atoms with Gasteiger partial charge in [0.25, 0.3) is 0 Å². The molecular formula is C19H42O3Sn. The minimum absolute atomic E-state index is 0.663. The average Bonchev–Trinajstić information content (AvgIpc) is 2.43. The second-order valence-corrected chi connectivity index (χ2v) is 15.7. The van der Waals surface area contributed by atoms with Gasteiger partial charge >= 0.3 is 151 Å². The zero-order valence-electron chi connectivity index (χ0n) is 16.8. The molecule has 0 saturated carbocycles. The van der Waals surface area contributed by atoms with Gasteiger partial charge in [0.05, 0.1) is 0 Å². The SMILES string of the molecule is CCC[CH2][Sn]([O]CCC(C)C)([O]CCC(C)C)[O]CCC(C)C. The first-order valence-corrected chi connectivity index (χ1v) is 15.2. The summed E-state index contributed by atoms with van der Waals surface area (Å²) < 4.78 is 20.1. The first-order chi connectivity index (χ1) is 10.8. The summed E-state index contributed by atoms with van der Waals surface area (Å²) in [6.45, 7) is 18.1. The molecule has 0 aliphatic carbocycles. The summed E-state index contributed by atoms with van der Waals surface area (Å²) in [5.41, 5.74) is 0. The molecule has 0 aromatic rings. The molecule has 0 rings (SSSR count). The van der Waals surface area contributed by atoms with E-state index in [4.69, 9.17) is 9.22 Å². The van der Waals surface area contributed by atoms with Crippen molar-refractivity contribution in [1.82, 2.24) is 0 Å². The van der Waals surface area contributed by atoms with Crippen molar-refractivity contribution in [3.8, 4) is 0 Å². The van der Waals surface area contributed by atoms with E-state index in [-0.39, 0.29) is 0 Å². The van der Waals surface area contributed by atoms with Gasteiger partial charge in [-0.1, -0.05) is 0 Å². The van der Waals surface area contributed by atoms with Gasteiger partial charge in [0.15, 0.2) is 0 Å². The second kappa shape index (κ2) is 13.9. The van der Waals surface area contributed by atoms with Crippen LogP contribution in [0.5, 0.6) is 0 Å². The van der Waals surface area contributed by atoms with Crippen LogP contribution in [0.2, 0.25) is 4.44 Å². The van der Waals surface area contributed by atoms with Crippen molar-refractivity contribution in [3.63, 3.8) is 0 Å². The van der Waals surface area contributed by atoms with E-state index in [2.05, 4.69) is 48.5 Å². The molecule has 23 heavy (non-hydrogen) atoms. The fourth-order valence-electron chi connectivity index (χ4n) is 2.09. The first-order valence-electron chi connectivity index (χ1n) is 9.73. The van der Waals surface area contributed by atoms with Crippen molar-refractivity contribution in [2.45, 2.75) is 85.0 Å². The molecule has 0 bridgehead atoms. The Morgan fingerprint density at radius 3 is 1.26 bits per heavy atom. The van der Waals surface area contributed by atoms with Crippen LogP contribution in [-0.2, 0) is 9.22 Å². The molecule has 0 amide bonds. The van der Waals surface area contributed by atoms with Crippen LogP contribution < -0.4 is 0 Å². The molecule has 4 heteroatoms. The fourth-order valence-corrected chi connectivity index (χ4v) is 9.95. The number of hydrogen-bond acceptors (Lipinski definition) is 3. The van der Waals surface area contributed by atoms with Gasteiger partial charge in [0.2, 0.25) is 0 Å². The Balaban J connectivity index is 4.71.